The van der Waals surface area contributed by atoms with Crippen LogP contribution in [0.4, 0.5) is 5.69 Å². The van der Waals surface area contributed by atoms with Gasteiger partial charge in [0.2, 0.25) is 15.9 Å². The average Bonchev–Trinajstić information content (AvgIpc) is 3.29. The first-order valence-electron chi connectivity index (χ1n) is 12.5. The third-order valence-electron chi connectivity index (χ3n) is 7.55. The van der Waals surface area contributed by atoms with E-state index >= 15 is 0 Å². The van der Waals surface area contributed by atoms with E-state index in [2.05, 4.69) is 21.0 Å². The average molecular weight is 524 g/mol. The van der Waals surface area contributed by atoms with E-state index in [1.807, 2.05) is 36.0 Å². The zero-order valence-electron chi connectivity index (χ0n) is 21.3. The van der Waals surface area contributed by atoms with E-state index in [4.69, 9.17) is 9.84 Å². The summed E-state index contributed by atoms with van der Waals surface area (Å²) in [5.74, 6) is 1.43. The van der Waals surface area contributed by atoms with Gasteiger partial charge in [0, 0.05) is 56.0 Å². The van der Waals surface area contributed by atoms with Crippen LogP contribution in [0.2, 0.25) is 0 Å². The minimum Gasteiger partial charge on any atom is -0.496 e. The van der Waals surface area contributed by atoms with Crippen LogP contribution in [0, 0.1) is 5.92 Å². The Hall–Kier alpha value is -3.21. The molecule has 37 heavy (non-hydrogen) atoms. The molecule has 3 aliphatic rings. The maximum atomic E-state index is 12.9. The molecule has 9 nitrogen and oxygen atoms in total. The number of amides is 1. The fraction of sp³-hybridized carbons (Fsp3) is 0.407. The second kappa shape index (κ2) is 10.3. The number of para-hydroxylation sites is 1. The Labute approximate surface area is 217 Å². The molecule has 3 aliphatic heterocycles. The van der Waals surface area contributed by atoms with E-state index in [9.17, 15) is 13.2 Å². The molecule has 1 amide bonds. The Morgan fingerprint density at radius 2 is 1.92 bits per heavy atom. The highest BCUT2D eigenvalue weighted by Crippen LogP contribution is 2.43. The van der Waals surface area contributed by atoms with Gasteiger partial charge in [0.1, 0.15) is 5.75 Å². The van der Waals surface area contributed by atoms with Crippen molar-refractivity contribution in [3.8, 4) is 17.0 Å². The summed E-state index contributed by atoms with van der Waals surface area (Å²) >= 11 is 0. The molecule has 2 N–H and O–H groups in total. The molecule has 0 spiro atoms. The number of hydrogen-bond acceptors (Lipinski definition) is 6. The normalized spacial score (nSPS) is 23.1. The van der Waals surface area contributed by atoms with Crippen molar-refractivity contribution in [2.45, 2.75) is 36.6 Å². The van der Waals surface area contributed by atoms with Gasteiger partial charge in [-0.2, -0.15) is 5.10 Å². The van der Waals surface area contributed by atoms with Crippen LogP contribution in [-0.2, 0) is 21.9 Å². The molecule has 196 valence electrons. The van der Waals surface area contributed by atoms with Crippen molar-refractivity contribution in [2.75, 3.05) is 32.1 Å². The van der Waals surface area contributed by atoms with E-state index in [0.717, 1.165) is 42.9 Å². The van der Waals surface area contributed by atoms with E-state index in [1.54, 1.807) is 19.2 Å². The topological polar surface area (TPSA) is 106 Å². The van der Waals surface area contributed by atoms with Crippen molar-refractivity contribution in [1.29, 1.82) is 0 Å². The van der Waals surface area contributed by atoms with Crippen molar-refractivity contribution in [3.05, 3.63) is 60.3 Å². The number of aromatic nitrogens is 2. The first kappa shape index (κ1) is 25.4. The second-order valence-electron chi connectivity index (χ2n) is 9.88. The quantitative estimate of drug-likeness (QED) is 0.470. The fourth-order valence-electron chi connectivity index (χ4n) is 5.71. The molecule has 0 aliphatic carbocycles. The zero-order chi connectivity index (χ0) is 26.2. The molecular weight excluding hydrogens is 490 g/mol. The van der Waals surface area contributed by atoms with Crippen molar-refractivity contribution >= 4 is 21.6 Å². The summed E-state index contributed by atoms with van der Waals surface area (Å²) in [4.78, 5) is 13.8. The summed E-state index contributed by atoms with van der Waals surface area (Å²) in [5, 5.41) is 7.44. The number of rotatable bonds is 8. The van der Waals surface area contributed by atoms with Crippen LogP contribution < -0.4 is 14.8 Å². The molecule has 3 aromatic rings. The molecule has 4 unspecified atom stereocenters. The number of aryl methyl sites for hydroxylation is 1. The Morgan fingerprint density at radius 1 is 1.16 bits per heavy atom. The van der Waals surface area contributed by atoms with Gasteiger partial charge in [-0.3, -0.25) is 14.4 Å². The number of ether oxygens (including phenoxy) is 1. The van der Waals surface area contributed by atoms with E-state index in [0.29, 0.717) is 24.1 Å². The van der Waals surface area contributed by atoms with Gasteiger partial charge in [0.25, 0.3) is 0 Å². The third-order valence-corrected chi connectivity index (χ3v) is 8.99. The van der Waals surface area contributed by atoms with Gasteiger partial charge in [0.05, 0.1) is 17.7 Å². The highest BCUT2D eigenvalue weighted by atomic mass is 32.2. The number of fused-ring (bicyclic) bond motifs is 3. The largest absolute Gasteiger partial charge is 0.496 e. The number of sulfonamides is 1. The third kappa shape index (κ3) is 5.27. The van der Waals surface area contributed by atoms with Gasteiger partial charge in [-0.15, -0.1) is 0 Å². The standard InChI is InChI=1S/C27H33N5O4S/c1-18(33)29-20-8-10-22(11-9-20)37(34,35)28-16-21-14-19-12-13-32(21)17-24(19)26-15-25(30-31(26)2)23-6-4-5-7-27(23)36-3/h4-11,15,19,21,24,28H,12-14,16-17H2,1-3H3,(H,29,33). The van der Waals surface area contributed by atoms with Crippen LogP contribution in [0.5, 0.6) is 5.75 Å². The molecule has 4 heterocycles. The van der Waals surface area contributed by atoms with Crippen molar-refractivity contribution in [1.82, 2.24) is 19.4 Å². The van der Waals surface area contributed by atoms with Crippen molar-refractivity contribution in [3.63, 3.8) is 0 Å². The molecule has 0 saturated carbocycles. The van der Waals surface area contributed by atoms with Gasteiger partial charge in [-0.25, -0.2) is 13.1 Å². The molecule has 4 atom stereocenters. The Bertz CT molecular complexity index is 1390. The lowest BCUT2D eigenvalue weighted by molar-refractivity contribution is -0.114. The number of nitrogens with one attached hydrogen (secondary N) is 2. The number of methoxy groups -OCH3 is 1. The summed E-state index contributed by atoms with van der Waals surface area (Å²) in [6, 6.07) is 16.5. The van der Waals surface area contributed by atoms with Crippen LogP contribution in [0.1, 0.15) is 31.4 Å². The SMILES string of the molecule is COc1ccccc1-c1cc(C2CN3CCC2CC3CNS(=O)(=O)c2ccc(NC(C)=O)cc2)n(C)n1. The molecule has 10 heteroatoms. The second-order valence-corrected chi connectivity index (χ2v) is 11.6. The number of piperidine rings is 3. The Balaban J connectivity index is 1.25. The smallest absolute Gasteiger partial charge is 0.240 e. The number of carbonyl (C=O) groups is 1. The molecule has 2 bridgehead atoms. The Kier molecular flexibility index (Phi) is 7.06. The predicted octanol–water partition coefficient (Wildman–Crippen LogP) is 3.21. The van der Waals surface area contributed by atoms with Crippen LogP contribution in [0.25, 0.3) is 11.3 Å². The molecule has 2 aromatic carbocycles. The van der Waals surface area contributed by atoms with Crippen molar-refractivity contribution in [2.24, 2.45) is 13.0 Å². The number of nitrogens with zero attached hydrogens (tertiary/aromatic N) is 3. The predicted molar refractivity (Wildman–Crippen MR) is 142 cm³/mol. The monoisotopic (exact) mass is 523 g/mol. The number of anilines is 1. The molecule has 1 aromatic heterocycles. The fourth-order valence-corrected chi connectivity index (χ4v) is 6.78. The van der Waals surface area contributed by atoms with Crippen LogP contribution in [-0.4, -0.2) is 61.8 Å². The molecular formula is C27H33N5O4S. The first-order valence-corrected chi connectivity index (χ1v) is 14.0. The lowest BCUT2D eigenvalue weighted by atomic mass is 9.74. The minimum atomic E-state index is -3.64. The van der Waals surface area contributed by atoms with Crippen LogP contribution in [0.3, 0.4) is 0 Å². The molecule has 3 saturated heterocycles. The van der Waals surface area contributed by atoms with Gasteiger partial charge >= 0.3 is 0 Å². The highest BCUT2D eigenvalue weighted by Gasteiger charge is 2.42. The highest BCUT2D eigenvalue weighted by molar-refractivity contribution is 7.89. The van der Waals surface area contributed by atoms with Crippen molar-refractivity contribution < 1.29 is 17.9 Å². The number of hydrogen-bond donors (Lipinski definition) is 2. The summed E-state index contributed by atoms with van der Waals surface area (Å²) in [5.41, 5.74) is 3.65. The van der Waals surface area contributed by atoms with Gasteiger partial charge in [0.15, 0.2) is 0 Å². The maximum Gasteiger partial charge on any atom is 0.240 e. The lowest BCUT2D eigenvalue weighted by Gasteiger charge is -2.49. The zero-order valence-corrected chi connectivity index (χ0v) is 22.2. The summed E-state index contributed by atoms with van der Waals surface area (Å²) in [6.07, 6.45) is 2.03. The minimum absolute atomic E-state index is 0.158. The van der Waals surface area contributed by atoms with Gasteiger partial charge < -0.3 is 10.1 Å². The molecule has 6 rings (SSSR count). The van der Waals surface area contributed by atoms with Gasteiger partial charge in [-0.1, -0.05) is 12.1 Å². The Morgan fingerprint density at radius 3 is 2.59 bits per heavy atom. The number of benzene rings is 2. The van der Waals surface area contributed by atoms with E-state index in [-0.39, 0.29) is 16.8 Å². The summed E-state index contributed by atoms with van der Waals surface area (Å²) < 4.78 is 36.1. The summed E-state index contributed by atoms with van der Waals surface area (Å²) in [6.45, 7) is 3.64. The van der Waals surface area contributed by atoms with Crippen LogP contribution >= 0.6 is 0 Å². The summed E-state index contributed by atoms with van der Waals surface area (Å²) in [7, 11) is 0.0232. The first-order chi connectivity index (χ1) is 17.7. The van der Waals surface area contributed by atoms with Crippen LogP contribution in [0.15, 0.2) is 59.5 Å². The molecule has 3 fully saturated rings. The lowest BCUT2D eigenvalue weighted by Crippen LogP contribution is -2.56. The van der Waals surface area contributed by atoms with E-state index < -0.39 is 10.0 Å². The molecule has 0 radical (unpaired) electrons. The van der Waals surface area contributed by atoms with Gasteiger partial charge in [-0.05, 0) is 67.8 Å². The maximum absolute atomic E-state index is 12.9. The number of carbonyl (C=O) groups excluding carboxylic acids is 1. The van der Waals surface area contributed by atoms with E-state index in [1.165, 1.54) is 24.8 Å².